The molecule has 14 heavy (non-hydrogen) atoms. The summed E-state index contributed by atoms with van der Waals surface area (Å²) in [6.07, 6.45) is 0.709. The minimum absolute atomic E-state index is 0.277. The largest absolute Gasteiger partial charge is 0.480 e. The molecule has 0 aliphatic rings. The number of hydrogen-bond acceptors (Lipinski definition) is 2. The second kappa shape index (κ2) is 5.31. The molecule has 0 saturated carbocycles. The average Bonchev–Trinajstić information content (AvgIpc) is 2.20. The maximum Gasteiger partial charge on any atom is 0.153 e. The van der Waals surface area contributed by atoms with Crippen LogP contribution in [-0.4, -0.2) is 12.9 Å². The highest BCUT2D eigenvalue weighted by atomic mass is 35.5. The Hall–Kier alpha value is -1.46. The molecule has 0 fully saturated rings. The minimum atomic E-state index is 0.277. The Kier molecular flexibility index (Phi) is 4.03. The molecule has 0 atom stereocenters. The molecule has 1 rings (SSSR count). The van der Waals surface area contributed by atoms with Gasteiger partial charge in [-0.05, 0) is 25.1 Å². The summed E-state index contributed by atoms with van der Waals surface area (Å²) >= 11 is 5.71. The fourth-order valence-corrected chi connectivity index (χ4v) is 1.11. The van der Waals surface area contributed by atoms with E-state index in [1.807, 2.05) is 0 Å². The summed E-state index contributed by atoms with van der Waals surface area (Å²) in [6.45, 7) is 2.00. The first-order valence-electron chi connectivity index (χ1n) is 4.05. The van der Waals surface area contributed by atoms with Gasteiger partial charge in [-0.3, -0.25) is 4.79 Å². The molecule has 0 aromatic heterocycles. The van der Waals surface area contributed by atoms with E-state index in [1.165, 1.54) is 0 Å². The van der Waals surface area contributed by atoms with Crippen molar-refractivity contribution >= 4 is 17.9 Å². The van der Waals surface area contributed by atoms with Crippen LogP contribution < -0.4 is 4.74 Å². The fraction of sp³-hybridized carbons (Fsp3) is 0.182. The number of carbonyl (C=O) groups is 1. The van der Waals surface area contributed by atoms with Gasteiger partial charge >= 0.3 is 0 Å². The van der Waals surface area contributed by atoms with Crippen molar-refractivity contribution in [3.63, 3.8) is 0 Å². The van der Waals surface area contributed by atoms with E-state index < -0.39 is 0 Å². The maximum atomic E-state index is 10.6. The van der Waals surface area contributed by atoms with Crippen molar-refractivity contribution in [2.24, 2.45) is 0 Å². The van der Waals surface area contributed by atoms with E-state index in [9.17, 15) is 4.79 Å². The van der Waals surface area contributed by atoms with Crippen LogP contribution in [0.2, 0.25) is 5.02 Å². The molecule has 0 radical (unpaired) electrons. The quantitative estimate of drug-likeness (QED) is 0.564. The lowest BCUT2D eigenvalue weighted by atomic mass is 10.2. The van der Waals surface area contributed by atoms with Crippen LogP contribution in [0.4, 0.5) is 0 Å². The molecule has 0 heterocycles. The fourth-order valence-electron chi connectivity index (χ4n) is 0.929. The van der Waals surface area contributed by atoms with Gasteiger partial charge in [-0.25, -0.2) is 0 Å². The number of aldehydes is 1. The third-order valence-electron chi connectivity index (χ3n) is 1.58. The van der Waals surface area contributed by atoms with Crippen molar-refractivity contribution in [1.29, 1.82) is 0 Å². The number of halogens is 1. The van der Waals surface area contributed by atoms with Crippen LogP contribution in [0.25, 0.3) is 0 Å². The van der Waals surface area contributed by atoms with Gasteiger partial charge in [-0.2, -0.15) is 0 Å². The maximum absolute atomic E-state index is 10.6. The summed E-state index contributed by atoms with van der Waals surface area (Å²) in [5.41, 5.74) is 0.440. The van der Waals surface area contributed by atoms with Gasteiger partial charge in [0.1, 0.15) is 12.4 Å². The molecule has 0 saturated heterocycles. The first kappa shape index (κ1) is 10.6. The number of hydrogen-bond donors (Lipinski definition) is 0. The molecule has 0 unspecified atom stereocenters. The number of ether oxygens (including phenoxy) is 1. The van der Waals surface area contributed by atoms with Crippen LogP contribution in [-0.2, 0) is 0 Å². The zero-order chi connectivity index (χ0) is 10.4. The molecule has 0 amide bonds. The van der Waals surface area contributed by atoms with Gasteiger partial charge in [0, 0.05) is 5.02 Å². The van der Waals surface area contributed by atoms with Gasteiger partial charge in [-0.15, -0.1) is 5.92 Å². The van der Waals surface area contributed by atoms with Crippen molar-refractivity contribution in [3.05, 3.63) is 28.8 Å². The number of benzene rings is 1. The molecule has 1 aromatic rings. The normalized spacial score (nSPS) is 8.71. The second-order valence-electron chi connectivity index (χ2n) is 2.52. The predicted octanol–water partition coefficient (Wildman–Crippen LogP) is 2.55. The molecular formula is C11H9ClO2. The predicted molar refractivity (Wildman–Crippen MR) is 55.8 cm³/mol. The highest BCUT2D eigenvalue weighted by molar-refractivity contribution is 6.30. The Bertz CT molecular complexity index is 388. The minimum Gasteiger partial charge on any atom is -0.480 e. The molecular weight excluding hydrogens is 200 g/mol. The van der Waals surface area contributed by atoms with E-state index in [2.05, 4.69) is 11.8 Å². The summed E-state index contributed by atoms with van der Waals surface area (Å²) in [6, 6.07) is 4.88. The first-order valence-corrected chi connectivity index (χ1v) is 4.43. The van der Waals surface area contributed by atoms with Crippen LogP contribution >= 0.6 is 11.6 Å². The number of carbonyl (C=O) groups excluding carboxylic acids is 1. The van der Waals surface area contributed by atoms with Gasteiger partial charge in [-0.1, -0.05) is 17.5 Å². The van der Waals surface area contributed by atoms with E-state index >= 15 is 0 Å². The monoisotopic (exact) mass is 208 g/mol. The summed E-state index contributed by atoms with van der Waals surface area (Å²) in [7, 11) is 0. The lowest BCUT2D eigenvalue weighted by Crippen LogP contribution is -1.97. The van der Waals surface area contributed by atoms with E-state index in [4.69, 9.17) is 16.3 Å². The zero-order valence-corrected chi connectivity index (χ0v) is 8.47. The Balaban J connectivity index is 2.83. The standard InChI is InChI=1S/C11H9ClO2/c1-2-3-6-14-11-5-4-10(12)7-9(11)8-13/h4-5,7-8H,6H2,1H3. The van der Waals surface area contributed by atoms with Gasteiger partial charge in [0.15, 0.2) is 6.29 Å². The van der Waals surface area contributed by atoms with E-state index in [0.717, 1.165) is 0 Å². The van der Waals surface area contributed by atoms with Crippen LogP contribution in [0.3, 0.4) is 0 Å². The van der Waals surface area contributed by atoms with Crippen molar-refractivity contribution in [1.82, 2.24) is 0 Å². The van der Waals surface area contributed by atoms with E-state index in [1.54, 1.807) is 25.1 Å². The topological polar surface area (TPSA) is 26.3 Å². The molecule has 0 aliphatic carbocycles. The lowest BCUT2D eigenvalue weighted by Gasteiger charge is -2.04. The lowest BCUT2D eigenvalue weighted by molar-refractivity contribution is 0.112. The van der Waals surface area contributed by atoms with Gasteiger partial charge in [0.2, 0.25) is 0 Å². The highest BCUT2D eigenvalue weighted by Crippen LogP contribution is 2.20. The molecule has 0 aliphatic heterocycles. The number of rotatable bonds is 3. The third-order valence-corrected chi connectivity index (χ3v) is 1.81. The van der Waals surface area contributed by atoms with Crippen LogP contribution in [0.15, 0.2) is 18.2 Å². The van der Waals surface area contributed by atoms with Crippen molar-refractivity contribution in [2.75, 3.05) is 6.61 Å². The van der Waals surface area contributed by atoms with Crippen LogP contribution in [0.1, 0.15) is 17.3 Å². The molecule has 0 N–H and O–H groups in total. The molecule has 2 nitrogen and oxygen atoms in total. The Morgan fingerprint density at radius 3 is 3.00 bits per heavy atom. The summed E-state index contributed by atoms with van der Waals surface area (Å²) in [5.74, 6) is 5.95. The highest BCUT2D eigenvalue weighted by Gasteiger charge is 2.02. The van der Waals surface area contributed by atoms with Gasteiger partial charge < -0.3 is 4.74 Å². The summed E-state index contributed by atoms with van der Waals surface area (Å²) < 4.78 is 5.26. The molecule has 1 aromatic carbocycles. The summed E-state index contributed by atoms with van der Waals surface area (Å²) in [4.78, 5) is 10.6. The third kappa shape index (κ3) is 2.79. The SMILES string of the molecule is CC#CCOc1ccc(Cl)cc1C=O. The smallest absolute Gasteiger partial charge is 0.153 e. The Morgan fingerprint density at radius 1 is 1.57 bits per heavy atom. The molecule has 3 heteroatoms. The van der Waals surface area contributed by atoms with Gasteiger partial charge in [0.05, 0.1) is 5.56 Å². The van der Waals surface area contributed by atoms with Crippen LogP contribution in [0.5, 0.6) is 5.75 Å². The second-order valence-corrected chi connectivity index (χ2v) is 2.95. The van der Waals surface area contributed by atoms with Crippen molar-refractivity contribution in [3.8, 4) is 17.6 Å². The molecule has 72 valence electrons. The van der Waals surface area contributed by atoms with Crippen molar-refractivity contribution < 1.29 is 9.53 Å². The Morgan fingerprint density at radius 2 is 2.36 bits per heavy atom. The molecule has 0 bridgehead atoms. The van der Waals surface area contributed by atoms with Crippen molar-refractivity contribution in [2.45, 2.75) is 6.92 Å². The van der Waals surface area contributed by atoms with E-state index in [0.29, 0.717) is 22.6 Å². The summed E-state index contributed by atoms with van der Waals surface area (Å²) in [5, 5.41) is 0.515. The zero-order valence-electron chi connectivity index (χ0n) is 7.71. The molecule has 0 spiro atoms. The van der Waals surface area contributed by atoms with E-state index in [-0.39, 0.29) is 6.61 Å². The van der Waals surface area contributed by atoms with Crippen LogP contribution in [0, 0.1) is 11.8 Å². The first-order chi connectivity index (χ1) is 6.77. The Labute approximate surface area is 87.8 Å². The van der Waals surface area contributed by atoms with Gasteiger partial charge in [0.25, 0.3) is 0 Å². The average molecular weight is 209 g/mol.